The summed E-state index contributed by atoms with van der Waals surface area (Å²) in [6, 6.07) is 13.2. The van der Waals surface area contributed by atoms with Crippen molar-refractivity contribution in [3.8, 4) is 22.8 Å². The van der Waals surface area contributed by atoms with Crippen molar-refractivity contribution >= 4 is 22.8 Å². The monoisotopic (exact) mass is 451 g/mol. The lowest BCUT2D eigenvalue weighted by atomic mass is 9.98. The van der Waals surface area contributed by atoms with Crippen molar-refractivity contribution in [2.75, 3.05) is 26.3 Å². The smallest absolute Gasteiger partial charge is 0.310 e. The largest absolute Gasteiger partial charge is 0.507 e. The molecule has 8 heteroatoms. The standard InChI is InChI=1S/C25H25NO7/c1-2-31-25(30)17-9-6-10-26(14-17)23(29)15-32-18-11-19(27)24-20(28)13-21(33-22(24)12-18)16-7-4-3-5-8-16/h3-5,7-8,11-13,17,27H,2,6,9-10,14-15H2,1H3/t17-/m1/s1. The Morgan fingerprint density at radius 2 is 1.97 bits per heavy atom. The zero-order valence-corrected chi connectivity index (χ0v) is 18.3. The van der Waals surface area contributed by atoms with Gasteiger partial charge in [-0.15, -0.1) is 0 Å². The fraction of sp³-hybridized carbons (Fsp3) is 0.320. The number of carbonyl (C=O) groups is 2. The fourth-order valence-electron chi connectivity index (χ4n) is 3.96. The van der Waals surface area contributed by atoms with Gasteiger partial charge in [-0.1, -0.05) is 30.3 Å². The Hall–Kier alpha value is -3.81. The summed E-state index contributed by atoms with van der Waals surface area (Å²) in [5.41, 5.74) is 0.497. The molecule has 1 amide bonds. The van der Waals surface area contributed by atoms with Crippen molar-refractivity contribution in [1.29, 1.82) is 0 Å². The number of rotatable bonds is 6. The van der Waals surface area contributed by atoms with Gasteiger partial charge in [-0.05, 0) is 19.8 Å². The van der Waals surface area contributed by atoms with E-state index in [1.807, 2.05) is 30.3 Å². The second-order valence-corrected chi connectivity index (χ2v) is 7.88. The van der Waals surface area contributed by atoms with Crippen molar-refractivity contribution in [3.63, 3.8) is 0 Å². The van der Waals surface area contributed by atoms with Crippen LogP contribution in [0.1, 0.15) is 19.8 Å². The van der Waals surface area contributed by atoms with Gasteiger partial charge in [-0.25, -0.2) is 0 Å². The zero-order chi connectivity index (χ0) is 23.4. The first kappa shape index (κ1) is 22.4. The lowest BCUT2D eigenvalue weighted by Crippen LogP contribution is -2.44. The van der Waals surface area contributed by atoms with Crippen LogP contribution in [0, 0.1) is 5.92 Å². The Kier molecular flexibility index (Phi) is 6.63. The van der Waals surface area contributed by atoms with Crippen molar-refractivity contribution < 1.29 is 28.6 Å². The summed E-state index contributed by atoms with van der Waals surface area (Å²) in [4.78, 5) is 38.8. The topological polar surface area (TPSA) is 106 Å². The van der Waals surface area contributed by atoms with Gasteiger partial charge in [-0.3, -0.25) is 14.4 Å². The second-order valence-electron chi connectivity index (χ2n) is 7.88. The molecule has 33 heavy (non-hydrogen) atoms. The van der Waals surface area contributed by atoms with Crippen LogP contribution in [-0.2, 0) is 14.3 Å². The van der Waals surface area contributed by atoms with E-state index in [9.17, 15) is 19.5 Å². The number of piperidine rings is 1. The number of phenols is 1. The third-order valence-electron chi connectivity index (χ3n) is 5.60. The summed E-state index contributed by atoms with van der Waals surface area (Å²) in [5, 5.41) is 10.4. The van der Waals surface area contributed by atoms with E-state index in [-0.39, 0.29) is 52.3 Å². The molecule has 1 saturated heterocycles. The summed E-state index contributed by atoms with van der Waals surface area (Å²) in [6.45, 7) is 2.61. The molecule has 0 bridgehead atoms. The molecule has 2 heterocycles. The first-order valence-electron chi connectivity index (χ1n) is 10.9. The number of carbonyl (C=O) groups excluding carboxylic acids is 2. The molecule has 0 radical (unpaired) electrons. The SMILES string of the molecule is CCOC(=O)[C@@H]1CCCN(C(=O)COc2cc(O)c3c(=O)cc(-c4ccccc4)oc3c2)C1. The van der Waals surface area contributed by atoms with E-state index >= 15 is 0 Å². The lowest BCUT2D eigenvalue weighted by molar-refractivity contribution is -0.151. The molecule has 0 spiro atoms. The van der Waals surface area contributed by atoms with Gasteiger partial charge in [0.15, 0.2) is 12.0 Å². The maximum atomic E-state index is 12.7. The Labute approximate surface area is 190 Å². The molecule has 0 aliphatic carbocycles. The summed E-state index contributed by atoms with van der Waals surface area (Å²) >= 11 is 0. The Bertz CT molecular complexity index is 1220. The molecule has 4 rings (SSSR count). The molecule has 0 unspecified atom stereocenters. The summed E-state index contributed by atoms with van der Waals surface area (Å²) in [5.74, 6) is -0.635. The highest BCUT2D eigenvalue weighted by Gasteiger charge is 2.29. The number of phenolic OH excluding ortho intramolecular Hbond substituents is 1. The summed E-state index contributed by atoms with van der Waals surface area (Å²) < 4.78 is 16.5. The number of likely N-dealkylation sites (tertiary alicyclic amines) is 1. The van der Waals surface area contributed by atoms with E-state index in [0.717, 1.165) is 5.56 Å². The predicted molar refractivity (Wildman–Crippen MR) is 121 cm³/mol. The van der Waals surface area contributed by atoms with Crippen molar-refractivity contribution in [2.24, 2.45) is 5.92 Å². The molecule has 1 aliphatic heterocycles. The second kappa shape index (κ2) is 9.77. The highest BCUT2D eigenvalue weighted by molar-refractivity contribution is 5.86. The predicted octanol–water partition coefficient (Wildman–Crippen LogP) is 3.35. The average molecular weight is 451 g/mol. The van der Waals surface area contributed by atoms with E-state index in [0.29, 0.717) is 38.3 Å². The van der Waals surface area contributed by atoms with Crippen molar-refractivity contribution in [1.82, 2.24) is 4.90 Å². The minimum Gasteiger partial charge on any atom is -0.507 e. The molecule has 3 aromatic rings. The number of esters is 1. The van der Waals surface area contributed by atoms with Crippen molar-refractivity contribution in [2.45, 2.75) is 19.8 Å². The van der Waals surface area contributed by atoms with E-state index in [1.54, 1.807) is 11.8 Å². The van der Waals surface area contributed by atoms with Crippen LogP contribution in [0.25, 0.3) is 22.3 Å². The van der Waals surface area contributed by atoms with Crippen LogP contribution in [0.2, 0.25) is 0 Å². The van der Waals surface area contributed by atoms with Gasteiger partial charge in [-0.2, -0.15) is 0 Å². The first-order chi connectivity index (χ1) is 16.0. The minimum atomic E-state index is -0.381. The third-order valence-corrected chi connectivity index (χ3v) is 5.60. The van der Waals surface area contributed by atoms with Gasteiger partial charge >= 0.3 is 5.97 Å². The Balaban J connectivity index is 1.50. The minimum absolute atomic E-state index is 0.0432. The number of aromatic hydroxyl groups is 1. The highest BCUT2D eigenvalue weighted by Crippen LogP contribution is 2.31. The molecule has 1 atom stereocenters. The quantitative estimate of drug-likeness (QED) is 0.573. The maximum absolute atomic E-state index is 12.7. The Morgan fingerprint density at radius 1 is 1.18 bits per heavy atom. The van der Waals surface area contributed by atoms with E-state index in [2.05, 4.69) is 0 Å². The number of ether oxygens (including phenoxy) is 2. The average Bonchev–Trinajstić information content (AvgIpc) is 2.83. The maximum Gasteiger partial charge on any atom is 0.310 e. The number of nitrogens with zero attached hydrogens (tertiary/aromatic N) is 1. The molecule has 1 fully saturated rings. The molecule has 8 nitrogen and oxygen atoms in total. The molecule has 172 valence electrons. The number of benzene rings is 2. The third kappa shape index (κ3) is 5.00. The van der Waals surface area contributed by atoms with Crippen LogP contribution in [0.15, 0.2) is 57.7 Å². The van der Waals surface area contributed by atoms with Gasteiger partial charge in [0.25, 0.3) is 5.91 Å². The van der Waals surface area contributed by atoms with Gasteiger partial charge in [0.2, 0.25) is 0 Å². The van der Waals surface area contributed by atoms with E-state index < -0.39 is 0 Å². The number of amides is 1. The zero-order valence-electron chi connectivity index (χ0n) is 18.3. The van der Waals surface area contributed by atoms with Crippen molar-refractivity contribution in [3.05, 3.63) is 58.8 Å². The van der Waals surface area contributed by atoms with E-state index in [1.165, 1.54) is 18.2 Å². The van der Waals surface area contributed by atoms with Crippen LogP contribution in [-0.4, -0.2) is 48.2 Å². The van der Waals surface area contributed by atoms with Crippen LogP contribution in [0.5, 0.6) is 11.5 Å². The van der Waals surface area contributed by atoms with Crippen LogP contribution in [0.4, 0.5) is 0 Å². The number of fused-ring (bicyclic) bond motifs is 1. The molecule has 1 aromatic heterocycles. The van der Waals surface area contributed by atoms with Crippen LogP contribution < -0.4 is 10.2 Å². The normalized spacial score (nSPS) is 15.9. The summed E-state index contributed by atoms with van der Waals surface area (Å²) in [6.07, 6.45) is 1.39. The van der Waals surface area contributed by atoms with Crippen LogP contribution in [0.3, 0.4) is 0 Å². The molecular weight excluding hydrogens is 426 g/mol. The van der Waals surface area contributed by atoms with Gasteiger partial charge in [0.1, 0.15) is 28.2 Å². The van der Waals surface area contributed by atoms with Crippen LogP contribution >= 0.6 is 0 Å². The molecule has 2 aromatic carbocycles. The lowest BCUT2D eigenvalue weighted by Gasteiger charge is -2.31. The fourth-order valence-corrected chi connectivity index (χ4v) is 3.96. The molecule has 1 aliphatic rings. The first-order valence-corrected chi connectivity index (χ1v) is 10.9. The number of hydrogen-bond donors (Lipinski definition) is 1. The van der Waals surface area contributed by atoms with E-state index in [4.69, 9.17) is 13.9 Å². The Morgan fingerprint density at radius 3 is 2.73 bits per heavy atom. The molecule has 0 saturated carbocycles. The highest BCUT2D eigenvalue weighted by atomic mass is 16.5. The molecule has 1 N–H and O–H groups in total. The molecular formula is C25H25NO7. The summed E-state index contributed by atoms with van der Waals surface area (Å²) in [7, 11) is 0. The number of hydrogen-bond acceptors (Lipinski definition) is 7. The van der Waals surface area contributed by atoms with Gasteiger partial charge in [0.05, 0.1) is 12.5 Å². The van der Waals surface area contributed by atoms with Gasteiger partial charge in [0, 0.05) is 36.9 Å². The van der Waals surface area contributed by atoms with Gasteiger partial charge < -0.3 is 23.9 Å².